The lowest BCUT2D eigenvalue weighted by atomic mass is 9.73. The second-order valence-corrected chi connectivity index (χ2v) is 12.9. The molecule has 0 aromatic heterocycles. The van der Waals surface area contributed by atoms with Gasteiger partial charge in [-0.2, -0.15) is 0 Å². The fraction of sp³-hybridized carbons (Fsp3) is 0.474. The highest BCUT2D eigenvalue weighted by Gasteiger charge is 2.32. The maximum atomic E-state index is 2.52. The van der Waals surface area contributed by atoms with E-state index >= 15 is 0 Å². The SMILES string of the molecule is Cc1cc(C)cc(C(C)(C)C2C=CC([Si](C)(C)C)=C2)c1. The largest absolute Gasteiger partial charge is 0.0775 e. The number of rotatable bonds is 3. The second kappa shape index (κ2) is 5.03. The van der Waals surface area contributed by atoms with Crippen molar-refractivity contribution in [3.63, 3.8) is 0 Å². The zero-order valence-corrected chi connectivity index (χ0v) is 15.0. The summed E-state index contributed by atoms with van der Waals surface area (Å²) in [6.07, 6.45) is 7.30. The van der Waals surface area contributed by atoms with Crippen LogP contribution in [0.1, 0.15) is 30.5 Å². The second-order valence-electron chi connectivity index (χ2n) is 7.85. The van der Waals surface area contributed by atoms with E-state index in [1.54, 1.807) is 5.20 Å². The molecular weight excluding hydrogens is 256 g/mol. The van der Waals surface area contributed by atoms with Crippen LogP contribution in [0, 0.1) is 19.8 Å². The van der Waals surface area contributed by atoms with Gasteiger partial charge >= 0.3 is 0 Å². The van der Waals surface area contributed by atoms with Gasteiger partial charge in [-0.25, -0.2) is 0 Å². The number of hydrogen-bond donors (Lipinski definition) is 0. The molecule has 0 spiro atoms. The molecule has 20 heavy (non-hydrogen) atoms. The quantitative estimate of drug-likeness (QED) is 0.636. The molecular formula is C19H28Si. The first kappa shape index (κ1) is 15.3. The summed E-state index contributed by atoms with van der Waals surface area (Å²) in [7, 11) is -1.19. The Kier molecular flexibility index (Phi) is 3.85. The Hall–Kier alpha value is -1.08. The van der Waals surface area contributed by atoms with E-state index in [4.69, 9.17) is 0 Å². The van der Waals surface area contributed by atoms with Crippen molar-refractivity contribution in [1.82, 2.24) is 0 Å². The summed E-state index contributed by atoms with van der Waals surface area (Å²) >= 11 is 0. The lowest BCUT2D eigenvalue weighted by molar-refractivity contribution is 0.447. The lowest BCUT2D eigenvalue weighted by Gasteiger charge is -2.31. The van der Waals surface area contributed by atoms with E-state index in [2.05, 4.69) is 83.8 Å². The molecule has 0 nitrogen and oxygen atoms in total. The zero-order valence-electron chi connectivity index (χ0n) is 14.0. The van der Waals surface area contributed by atoms with Crippen LogP contribution in [0.5, 0.6) is 0 Å². The molecule has 0 heterocycles. The van der Waals surface area contributed by atoms with E-state index in [1.807, 2.05) is 0 Å². The van der Waals surface area contributed by atoms with E-state index < -0.39 is 8.07 Å². The molecule has 1 aliphatic rings. The Morgan fingerprint density at radius 3 is 1.95 bits per heavy atom. The van der Waals surface area contributed by atoms with Gasteiger partial charge in [-0.15, -0.1) is 0 Å². The highest BCUT2D eigenvalue weighted by atomic mass is 28.3. The highest BCUT2D eigenvalue weighted by molar-refractivity contribution is 6.83. The van der Waals surface area contributed by atoms with Crippen molar-refractivity contribution in [3.8, 4) is 0 Å². The monoisotopic (exact) mass is 284 g/mol. The normalized spacial score (nSPS) is 19.4. The van der Waals surface area contributed by atoms with E-state index in [1.165, 1.54) is 16.7 Å². The molecule has 0 amide bonds. The van der Waals surface area contributed by atoms with Crippen LogP contribution in [0.4, 0.5) is 0 Å². The fourth-order valence-electron chi connectivity index (χ4n) is 3.00. The van der Waals surface area contributed by atoms with Crippen molar-refractivity contribution in [2.75, 3.05) is 0 Å². The lowest BCUT2D eigenvalue weighted by Crippen LogP contribution is -2.27. The Morgan fingerprint density at radius 1 is 0.950 bits per heavy atom. The molecule has 0 N–H and O–H groups in total. The fourth-order valence-corrected chi connectivity index (χ4v) is 4.28. The first-order valence-corrected chi connectivity index (χ1v) is 11.1. The molecule has 0 aliphatic heterocycles. The van der Waals surface area contributed by atoms with Crippen molar-refractivity contribution < 1.29 is 0 Å². The van der Waals surface area contributed by atoms with Crippen molar-refractivity contribution >= 4 is 8.07 Å². The maximum Gasteiger partial charge on any atom is 0.0771 e. The third-order valence-electron chi connectivity index (χ3n) is 4.51. The van der Waals surface area contributed by atoms with Crippen LogP contribution in [0.25, 0.3) is 0 Å². The molecule has 0 saturated carbocycles. The minimum absolute atomic E-state index is 0.161. The highest BCUT2D eigenvalue weighted by Crippen LogP contribution is 2.39. The number of aryl methyl sites for hydroxylation is 2. The summed E-state index contributed by atoms with van der Waals surface area (Å²) in [6, 6.07) is 6.95. The smallest absolute Gasteiger partial charge is 0.0771 e. The van der Waals surface area contributed by atoms with Gasteiger partial charge in [0.15, 0.2) is 0 Å². The minimum atomic E-state index is -1.19. The van der Waals surface area contributed by atoms with Gasteiger partial charge in [0.05, 0.1) is 8.07 Å². The molecule has 0 bridgehead atoms. The van der Waals surface area contributed by atoms with Crippen molar-refractivity contribution in [2.24, 2.45) is 5.92 Å². The number of benzene rings is 1. The van der Waals surface area contributed by atoms with Gasteiger partial charge in [-0.1, -0.05) is 86.2 Å². The molecule has 1 unspecified atom stereocenters. The van der Waals surface area contributed by atoms with Crippen molar-refractivity contribution in [3.05, 3.63) is 58.3 Å². The van der Waals surface area contributed by atoms with Crippen LogP contribution in [-0.4, -0.2) is 8.07 Å². The minimum Gasteiger partial charge on any atom is -0.0775 e. The maximum absolute atomic E-state index is 2.52. The standard InChI is InChI=1S/C19H28Si/c1-14-10-15(2)12-17(11-14)19(3,4)16-8-9-18(13-16)20(5,6)7/h8-13,16H,1-7H3. The molecule has 0 saturated heterocycles. The van der Waals surface area contributed by atoms with Crippen LogP contribution < -0.4 is 0 Å². The van der Waals surface area contributed by atoms with E-state index in [-0.39, 0.29) is 5.41 Å². The van der Waals surface area contributed by atoms with Crippen LogP contribution >= 0.6 is 0 Å². The van der Waals surface area contributed by atoms with E-state index in [9.17, 15) is 0 Å². The molecule has 108 valence electrons. The van der Waals surface area contributed by atoms with Gasteiger partial charge in [0.1, 0.15) is 0 Å². The first-order valence-electron chi connectivity index (χ1n) is 7.60. The Labute approximate surface area is 125 Å². The van der Waals surface area contributed by atoms with Gasteiger partial charge in [0.25, 0.3) is 0 Å². The molecule has 1 aromatic rings. The van der Waals surface area contributed by atoms with Gasteiger partial charge in [-0.05, 0) is 24.8 Å². The number of hydrogen-bond acceptors (Lipinski definition) is 0. The predicted octanol–water partition coefficient (Wildman–Crippen LogP) is 5.57. The molecule has 1 atom stereocenters. The van der Waals surface area contributed by atoms with Crippen LogP contribution in [0.15, 0.2) is 41.6 Å². The third kappa shape index (κ3) is 2.98. The van der Waals surface area contributed by atoms with Crippen LogP contribution in [-0.2, 0) is 5.41 Å². The van der Waals surface area contributed by atoms with Gasteiger partial charge in [-0.3, -0.25) is 0 Å². The molecule has 0 fully saturated rings. The summed E-state index contributed by atoms with van der Waals surface area (Å²) in [6.45, 7) is 16.4. The summed E-state index contributed by atoms with van der Waals surface area (Å²) in [5, 5.41) is 1.60. The van der Waals surface area contributed by atoms with Crippen molar-refractivity contribution in [1.29, 1.82) is 0 Å². The average molecular weight is 285 g/mol. The van der Waals surface area contributed by atoms with E-state index in [0.717, 1.165) is 0 Å². The Bertz CT molecular complexity index is 548. The zero-order chi connectivity index (χ0) is 15.1. The third-order valence-corrected chi connectivity index (χ3v) is 6.57. The molecule has 1 heteroatoms. The van der Waals surface area contributed by atoms with Gasteiger partial charge in [0.2, 0.25) is 0 Å². The van der Waals surface area contributed by atoms with E-state index in [0.29, 0.717) is 5.92 Å². The summed E-state index contributed by atoms with van der Waals surface area (Å²) < 4.78 is 0. The Balaban J connectivity index is 2.37. The summed E-state index contributed by atoms with van der Waals surface area (Å²) in [5.74, 6) is 0.519. The summed E-state index contributed by atoms with van der Waals surface area (Å²) in [5.41, 5.74) is 4.35. The summed E-state index contributed by atoms with van der Waals surface area (Å²) in [4.78, 5) is 0. The van der Waals surface area contributed by atoms with Gasteiger partial charge < -0.3 is 0 Å². The van der Waals surface area contributed by atoms with Crippen LogP contribution in [0.3, 0.4) is 0 Å². The number of allylic oxidation sites excluding steroid dienone is 4. The molecule has 2 rings (SSSR count). The molecule has 0 radical (unpaired) electrons. The van der Waals surface area contributed by atoms with Crippen molar-refractivity contribution in [2.45, 2.75) is 52.8 Å². The topological polar surface area (TPSA) is 0 Å². The van der Waals surface area contributed by atoms with Crippen LogP contribution in [0.2, 0.25) is 19.6 Å². The predicted molar refractivity (Wildman–Crippen MR) is 93.0 cm³/mol. The average Bonchev–Trinajstić information content (AvgIpc) is 2.76. The van der Waals surface area contributed by atoms with Gasteiger partial charge in [0, 0.05) is 5.92 Å². The first-order chi connectivity index (χ1) is 9.10. The molecule has 1 aromatic carbocycles. The Morgan fingerprint density at radius 2 is 1.50 bits per heavy atom. The molecule has 1 aliphatic carbocycles.